The Hall–Kier alpha value is -0.0800. The molecule has 0 amide bonds. The van der Waals surface area contributed by atoms with Gasteiger partial charge >= 0.3 is 0 Å². The van der Waals surface area contributed by atoms with Gasteiger partial charge in [-0.3, -0.25) is 0 Å². The van der Waals surface area contributed by atoms with Crippen LogP contribution in [0.1, 0.15) is 13.3 Å². The van der Waals surface area contributed by atoms with Gasteiger partial charge in [0.15, 0.2) is 0 Å². The predicted molar refractivity (Wildman–Crippen MR) is 48.8 cm³/mol. The molecule has 66 valence electrons. The molecule has 1 heterocycles. The Labute approximate surface area is 70.2 Å². The Morgan fingerprint density at radius 1 is 1.36 bits per heavy atom. The summed E-state index contributed by atoms with van der Waals surface area (Å²) in [4.78, 5) is 4.77. The quantitative estimate of drug-likeness (QED) is 0.596. The van der Waals surface area contributed by atoms with Crippen LogP contribution in [0.3, 0.4) is 0 Å². The van der Waals surface area contributed by atoms with Crippen molar-refractivity contribution >= 4 is 0 Å². The summed E-state index contributed by atoms with van der Waals surface area (Å²) in [5.74, 6) is 0.984. The van der Waals surface area contributed by atoms with E-state index >= 15 is 0 Å². The lowest BCUT2D eigenvalue weighted by atomic mass is 9.96. The van der Waals surface area contributed by atoms with Gasteiger partial charge < -0.3 is 9.80 Å². The molecule has 0 atom stereocenters. The van der Waals surface area contributed by atoms with E-state index in [0.717, 1.165) is 5.92 Å². The summed E-state index contributed by atoms with van der Waals surface area (Å²) < 4.78 is 0. The molecule has 1 saturated heterocycles. The fraction of sp³-hybridized carbons (Fsp3) is 1.00. The maximum atomic E-state index is 2.50. The molecule has 0 aromatic rings. The molecular weight excluding hydrogens is 136 g/mol. The lowest BCUT2D eigenvalue weighted by Gasteiger charge is -2.39. The zero-order valence-corrected chi connectivity index (χ0v) is 8.01. The molecule has 0 aromatic carbocycles. The maximum Gasteiger partial charge on any atom is 0.00224 e. The van der Waals surface area contributed by atoms with Crippen LogP contribution in [-0.2, 0) is 0 Å². The van der Waals surface area contributed by atoms with E-state index in [0.29, 0.717) is 0 Å². The van der Waals surface area contributed by atoms with E-state index in [1.165, 1.54) is 32.6 Å². The van der Waals surface area contributed by atoms with Gasteiger partial charge in [-0.1, -0.05) is 6.92 Å². The first-order valence-corrected chi connectivity index (χ1v) is 4.59. The van der Waals surface area contributed by atoms with E-state index in [9.17, 15) is 0 Å². The highest BCUT2D eigenvalue weighted by Gasteiger charge is 2.24. The Morgan fingerprint density at radius 3 is 2.45 bits per heavy atom. The van der Waals surface area contributed by atoms with Crippen molar-refractivity contribution < 1.29 is 0 Å². The summed E-state index contributed by atoms with van der Waals surface area (Å²) in [6, 6.07) is 0. The van der Waals surface area contributed by atoms with Crippen molar-refractivity contribution in [1.82, 2.24) is 9.80 Å². The number of nitrogens with zero attached hydrogens (tertiary/aromatic N) is 2. The predicted octanol–water partition coefficient (Wildman–Crippen LogP) is 0.890. The van der Waals surface area contributed by atoms with Crippen molar-refractivity contribution in [3.63, 3.8) is 0 Å². The minimum absolute atomic E-state index is 0.984. The maximum absolute atomic E-state index is 2.50. The molecule has 0 aliphatic carbocycles. The summed E-state index contributed by atoms with van der Waals surface area (Å²) in [6.45, 7) is 7.40. The molecule has 1 rings (SSSR count). The average Bonchev–Trinajstić information content (AvgIpc) is 1.84. The summed E-state index contributed by atoms with van der Waals surface area (Å²) >= 11 is 0. The van der Waals surface area contributed by atoms with E-state index in [1.807, 2.05) is 0 Å². The van der Waals surface area contributed by atoms with Crippen LogP contribution in [0.25, 0.3) is 0 Å². The zero-order valence-electron chi connectivity index (χ0n) is 8.01. The van der Waals surface area contributed by atoms with E-state index in [-0.39, 0.29) is 0 Å². The van der Waals surface area contributed by atoms with Crippen LogP contribution in [0, 0.1) is 5.92 Å². The zero-order chi connectivity index (χ0) is 8.27. The van der Waals surface area contributed by atoms with Crippen molar-refractivity contribution in [2.45, 2.75) is 13.3 Å². The molecule has 0 N–H and O–H groups in total. The molecule has 0 bridgehead atoms. The summed E-state index contributed by atoms with van der Waals surface area (Å²) in [5.41, 5.74) is 0. The number of rotatable bonds is 4. The van der Waals surface area contributed by atoms with Crippen molar-refractivity contribution in [3.05, 3.63) is 0 Å². The van der Waals surface area contributed by atoms with Crippen LogP contribution in [0.2, 0.25) is 0 Å². The minimum Gasteiger partial charge on any atom is -0.309 e. The molecule has 0 aromatic heterocycles. The Kier molecular flexibility index (Phi) is 3.34. The van der Waals surface area contributed by atoms with Gasteiger partial charge in [-0.05, 0) is 39.5 Å². The summed E-state index contributed by atoms with van der Waals surface area (Å²) in [7, 11) is 4.30. The highest BCUT2D eigenvalue weighted by atomic mass is 15.2. The Bertz CT molecular complexity index is 106. The standard InChI is InChI=1S/C9H20N2/c1-4-11-7-9(8-11)5-6-10(2)3/h9H,4-8H2,1-3H3. The number of hydrogen-bond donors (Lipinski definition) is 0. The summed E-state index contributed by atoms with van der Waals surface area (Å²) in [5, 5.41) is 0. The Balaban J connectivity index is 1.96. The molecule has 0 unspecified atom stereocenters. The van der Waals surface area contributed by atoms with Crippen LogP contribution in [0.15, 0.2) is 0 Å². The molecular formula is C9H20N2. The van der Waals surface area contributed by atoms with Crippen LogP contribution in [0.4, 0.5) is 0 Å². The molecule has 1 aliphatic rings. The van der Waals surface area contributed by atoms with Crippen molar-refractivity contribution in [3.8, 4) is 0 Å². The van der Waals surface area contributed by atoms with Gasteiger partial charge in [0.2, 0.25) is 0 Å². The van der Waals surface area contributed by atoms with E-state index < -0.39 is 0 Å². The van der Waals surface area contributed by atoms with Gasteiger partial charge in [0.1, 0.15) is 0 Å². The second-order valence-electron chi connectivity index (χ2n) is 3.81. The molecule has 11 heavy (non-hydrogen) atoms. The first kappa shape index (κ1) is 9.01. The smallest absolute Gasteiger partial charge is 0.00224 e. The SMILES string of the molecule is CCN1CC(CCN(C)C)C1. The van der Waals surface area contributed by atoms with Gasteiger partial charge in [0.25, 0.3) is 0 Å². The first-order valence-electron chi connectivity index (χ1n) is 4.59. The second-order valence-corrected chi connectivity index (χ2v) is 3.81. The topological polar surface area (TPSA) is 6.48 Å². The number of likely N-dealkylation sites (tertiary alicyclic amines) is 1. The lowest BCUT2D eigenvalue weighted by Crippen LogP contribution is -2.47. The van der Waals surface area contributed by atoms with E-state index in [2.05, 4.69) is 30.8 Å². The molecule has 1 fully saturated rings. The molecule has 2 nitrogen and oxygen atoms in total. The largest absolute Gasteiger partial charge is 0.309 e. The third kappa shape index (κ3) is 2.80. The molecule has 0 radical (unpaired) electrons. The normalized spacial score (nSPS) is 20.7. The van der Waals surface area contributed by atoms with Gasteiger partial charge in [-0.15, -0.1) is 0 Å². The second kappa shape index (κ2) is 4.07. The van der Waals surface area contributed by atoms with Crippen LogP contribution in [0.5, 0.6) is 0 Å². The van der Waals surface area contributed by atoms with Gasteiger partial charge in [0.05, 0.1) is 0 Å². The number of hydrogen-bond acceptors (Lipinski definition) is 2. The van der Waals surface area contributed by atoms with Crippen LogP contribution >= 0.6 is 0 Å². The van der Waals surface area contributed by atoms with Crippen LogP contribution in [-0.4, -0.2) is 50.1 Å². The van der Waals surface area contributed by atoms with Gasteiger partial charge in [-0.25, -0.2) is 0 Å². The van der Waals surface area contributed by atoms with Gasteiger partial charge in [-0.2, -0.15) is 0 Å². The highest BCUT2D eigenvalue weighted by molar-refractivity contribution is 4.78. The van der Waals surface area contributed by atoms with Crippen molar-refractivity contribution in [2.75, 3.05) is 40.3 Å². The fourth-order valence-corrected chi connectivity index (χ4v) is 1.56. The molecule has 1 aliphatic heterocycles. The average molecular weight is 156 g/mol. The van der Waals surface area contributed by atoms with Crippen molar-refractivity contribution in [2.24, 2.45) is 5.92 Å². The minimum atomic E-state index is 0.984. The third-order valence-corrected chi connectivity index (χ3v) is 2.46. The van der Waals surface area contributed by atoms with E-state index in [4.69, 9.17) is 0 Å². The molecule has 0 spiro atoms. The lowest BCUT2D eigenvalue weighted by molar-refractivity contribution is 0.0950. The summed E-state index contributed by atoms with van der Waals surface area (Å²) in [6.07, 6.45) is 1.38. The van der Waals surface area contributed by atoms with Crippen molar-refractivity contribution in [1.29, 1.82) is 0 Å². The van der Waals surface area contributed by atoms with E-state index in [1.54, 1.807) is 0 Å². The highest BCUT2D eigenvalue weighted by Crippen LogP contribution is 2.17. The Morgan fingerprint density at radius 2 is 2.00 bits per heavy atom. The monoisotopic (exact) mass is 156 g/mol. The first-order chi connectivity index (χ1) is 5.22. The van der Waals surface area contributed by atoms with Gasteiger partial charge in [0, 0.05) is 13.1 Å². The fourth-order valence-electron chi connectivity index (χ4n) is 1.56. The molecule has 2 heteroatoms. The third-order valence-electron chi connectivity index (χ3n) is 2.46. The molecule has 0 saturated carbocycles. The van der Waals surface area contributed by atoms with Crippen LogP contribution < -0.4 is 0 Å².